The third-order valence-corrected chi connectivity index (χ3v) is 5.43. The molecule has 0 aromatic heterocycles. The van der Waals surface area contributed by atoms with Gasteiger partial charge in [0.2, 0.25) is 0 Å². The third kappa shape index (κ3) is 4.30. The van der Waals surface area contributed by atoms with Crippen LogP contribution in [0.3, 0.4) is 0 Å². The maximum absolute atomic E-state index is 5.59. The molecule has 0 saturated carbocycles. The molecular formula is C17H27NO2S. The topological polar surface area (TPSA) is 30.5 Å². The van der Waals surface area contributed by atoms with Crippen LogP contribution in [0.4, 0.5) is 0 Å². The number of hydrogen-bond acceptors (Lipinski definition) is 4. The van der Waals surface area contributed by atoms with Crippen molar-refractivity contribution in [2.45, 2.75) is 43.9 Å². The molecule has 1 aromatic carbocycles. The van der Waals surface area contributed by atoms with Crippen LogP contribution in [0.2, 0.25) is 0 Å². The molecule has 0 bridgehead atoms. The van der Waals surface area contributed by atoms with Gasteiger partial charge in [-0.1, -0.05) is 13.3 Å². The molecule has 118 valence electrons. The first-order valence-electron chi connectivity index (χ1n) is 7.87. The number of rotatable bonds is 7. The number of ether oxygens (including phenoxy) is 2. The lowest BCUT2D eigenvalue weighted by atomic mass is 9.98. The Morgan fingerprint density at radius 3 is 2.76 bits per heavy atom. The van der Waals surface area contributed by atoms with Crippen LogP contribution in [-0.4, -0.2) is 31.8 Å². The molecule has 2 atom stereocenters. The largest absolute Gasteiger partial charge is 0.497 e. The lowest BCUT2D eigenvalue weighted by Crippen LogP contribution is -2.32. The first-order chi connectivity index (χ1) is 10.3. The molecule has 21 heavy (non-hydrogen) atoms. The number of methoxy groups -OCH3 is 2. The van der Waals surface area contributed by atoms with E-state index in [1.807, 2.05) is 12.1 Å². The molecule has 2 rings (SSSR count). The summed E-state index contributed by atoms with van der Waals surface area (Å²) in [5.74, 6) is 3.12. The highest BCUT2D eigenvalue weighted by molar-refractivity contribution is 8.00. The molecule has 1 aliphatic rings. The predicted molar refractivity (Wildman–Crippen MR) is 90.7 cm³/mol. The van der Waals surface area contributed by atoms with E-state index in [1.165, 1.54) is 30.6 Å². The zero-order valence-electron chi connectivity index (χ0n) is 13.4. The molecule has 1 aromatic rings. The highest BCUT2D eigenvalue weighted by Gasteiger charge is 2.27. The van der Waals surface area contributed by atoms with Crippen molar-refractivity contribution < 1.29 is 9.47 Å². The molecule has 2 unspecified atom stereocenters. The van der Waals surface area contributed by atoms with E-state index in [1.54, 1.807) is 14.2 Å². The van der Waals surface area contributed by atoms with E-state index < -0.39 is 0 Å². The Kier molecular flexibility index (Phi) is 6.71. The first kappa shape index (κ1) is 16.5. The molecule has 0 aliphatic carbocycles. The van der Waals surface area contributed by atoms with Gasteiger partial charge >= 0.3 is 0 Å². The van der Waals surface area contributed by atoms with Crippen molar-refractivity contribution in [3.8, 4) is 11.5 Å². The van der Waals surface area contributed by atoms with Crippen LogP contribution in [0, 0.1) is 0 Å². The molecular weight excluding hydrogens is 282 g/mol. The standard InChI is InChI=1S/C17H27NO2S/c1-4-10-18-17(16-7-5-6-11-21-16)14-12-13(19-2)8-9-15(14)20-3/h8-9,12,16-18H,4-7,10-11H2,1-3H3. The minimum Gasteiger partial charge on any atom is -0.497 e. The minimum absolute atomic E-state index is 0.334. The van der Waals surface area contributed by atoms with Crippen molar-refractivity contribution >= 4 is 11.8 Å². The molecule has 0 radical (unpaired) electrons. The molecule has 0 spiro atoms. The van der Waals surface area contributed by atoms with Crippen LogP contribution < -0.4 is 14.8 Å². The second-order valence-electron chi connectivity index (χ2n) is 5.44. The third-order valence-electron chi connectivity index (χ3n) is 3.97. The normalized spacial score (nSPS) is 20.0. The number of hydrogen-bond donors (Lipinski definition) is 1. The Hall–Kier alpha value is -0.870. The van der Waals surface area contributed by atoms with E-state index in [-0.39, 0.29) is 0 Å². The number of thioether (sulfide) groups is 1. The van der Waals surface area contributed by atoms with Gasteiger partial charge in [-0.25, -0.2) is 0 Å². The number of nitrogens with one attached hydrogen (secondary N) is 1. The van der Waals surface area contributed by atoms with Crippen LogP contribution in [0.25, 0.3) is 0 Å². The monoisotopic (exact) mass is 309 g/mol. The van der Waals surface area contributed by atoms with Crippen molar-refractivity contribution in [3.05, 3.63) is 23.8 Å². The zero-order chi connectivity index (χ0) is 15.1. The fourth-order valence-electron chi connectivity index (χ4n) is 2.85. The van der Waals surface area contributed by atoms with Gasteiger partial charge in [0, 0.05) is 16.9 Å². The Morgan fingerprint density at radius 2 is 2.14 bits per heavy atom. The molecule has 3 nitrogen and oxygen atoms in total. The maximum Gasteiger partial charge on any atom is 0.123 e. The lowest BCUT2D eigenvalue weighted by Gasteiger charge is -2.32. The quantitative estimate of drug-likeness (QED) is 0.824. The minimum atomic E-state index is 0.334. The Labute approximate surface area is 132 Å². The van der Waals surface area contributed by atoms with Crippen LogP contribution in [0.1, 0.15) is 44.2 Å². The number of benzene rings is 1. The summed E-state index contributed by atoms with van der Waals surface area (Å²) in [4.78, 5) is 0. The average molecular weight is 309 g/mol. The summed E-state index contributed by atoms with van der Waals surface area (Å²) in [7, 11) is 3.46. The highest BCUT2D eigenvalue weighted by Crippen LogP contribution is 2.39. The zero-order valence-corrected chi connectivity index (χ0v) is 14.2. The SMILES string of the molecule is CCCNC(c1cc(OC)ccc1OC)C1CCCCS1. The fraction of sp³-hybridized carbons (Fsp3) is 0.647. The summed E-state index contributed by atoms with van der Waals surface area (Å²) in [5, 5.41) is 4.34. The molecule has 1 N–H and O–H groups in total. The molecule has 1 heterocycles. The van der Waals surface area contributed by atoms with E-state index >= 15 is 0 Å². The second kappa shape index (κ2) is 8.54. The molecule has 4 heteroatoms. The summed E-state index contributed by atoms with van der Waals surface area (Å²) in [6.07, 6.45) is 5.08. The average Bonchev–Trinajstić information content (AvgIpc) is 2.56. The Balaban J connectivity index is 2.29. The van der Waals surface area contributed by atoms with Gasteiger partial charge in [-0.15, -0.1) is 0 Å². The van der Waals surface area contributed by atoms with E-state index in [2.05, 4.69) is 30.1 Å². The van der Waals surface area contributed by atoms with Crippen LogP contribution in [-0.2, 0) is 0 Å². The van der Waals surface area contributed by atoms with Gasteiger partial charge in [0.1, 0.15) is 11.5 Å². The van der Waals surface area contributed by atoms with Crippen molar-refractivity contribution in [1.29, 1.82) is 0 Å². The van der Waals surface area contributed by atoms with E-state index in [0.717, 1.165) is 24.5 Å². The molecule has 0 amide bonds. The second-order valence-corrected chi connectivity index (χ2v) is 6.79. The van der Waals surface area contributed by atoms with Gasteiger partial charge in [-0.3, -0.25) is 0 Å². The molecule has 1 saturated heterocycles. The Bertz CT molecular complexity index is 433. The lowest BCUT2D eigenvalue weighted by molar-refractivity contribution is 0.384. The fourth-order valence-corrected chi connectivity index (χ4v) is 4.29. The van der Waals surface area contributed by atoms with Gasteiger partial charge in [0.15, 0.2) is 0 Å². The predicted octanol–water partition coefficient (Wildman–Crippen LogP) is 4.03. The summed E-state index contributed by atoms with van der Waals surface area (Å²) in [6, 6.07) is 6.44. The van der Waals surface area contributed by atoms with Gasteiger partial charge in [0.05, 0.1) is 14.2 Å². The van der Waals surface area contributed by atoms with Crippen molar-refractivity contribution in [1.82, 2.24) is 5.32 Å². The van der Waals surface area contributed by atoms with Gasteiger partial charge in [-0.05, 0) is 49.8 Å². The summed E-state index contributed by atoms with van der Waals surface area (Å²) < 4.78 is 11.0. The molecule has 1 fully saturated rings. The van der Waals surface area contributed by atoms with Crippen molar-refractivity contribution in [2.75, 3.05) is 26.5 Å². The van der Waals surface area contributed by atoms with E-state index in [0.29, 0.717) is 11.3 Å². The van der Waals surface area contributed by atoms with Crippen molar-refractivity contribution in [2.24, 2.45) is 0 Å². The summed E-state index contributed by atoms with van der Waals surface area (Å²) >= 11 is 2.09. The van der Waals surface area contributed by atoms with E-state index in [9.17, 15) is 0 Å². The van der Waals surface area contributed by atoms with Crippen LogP contribution in [0.15, 0.2) is 18.2 Å². The Morgan fingerprint density at radius 1 is 1.29 bits per heavy atom. The maximum atomic E-state index is 5.59. The summed E-state index contributed by atoms with van der Waals surface area (Å²) in [5.41, 5.74) is 1.23. The summed E-state index contributed by atoms with van der Waals surface area (Å²) in [6.45, 7) is 3.24. The van der Waals surface area contributed by atoms with Crippen LogP contribution >= 0.6 is 11.8 Å². The van der Waals surface area contributed by atoms with Gasteiger partial charge in [0.25, 0.3) is 0 Å². The van der Waals surface area contributed by atoms with Gasteiger partial charge in [-0.2, -0.15) is 11.8 Å². The first-order valence-corrected chi connectivity index (χ1v) is 8.92. The van der Waals surface area contributed by atoms with E-state index in [4.69, 9.17) is 9.47 Å². The van der Waals surface area contributed by atoms with Crippen molar-refractivity contribution in [3.63, 3.8) is 0 Å². The molecule has 1 aliphatic heterocycles. The van der Waals surface area contributed by atoms with Gasteiger partial charge < -0.3 is 14.8 Å². The van der Waals surface area contributed by atoms with Crippen LogP contribution in [0.5, 0.6) is 11.5 Å². The smallest absolute Gasteiger partial charge is 0.123 e. The highest BCUT2D eigenvalue weighted by atomic mass is 32.2.